The smallest absolute Gasteiger partial charge is 0.414 e. The average Bonchev–Trinajstić information content (AvgIpc) is 3.95. The van der Waals surface area contributed by atoms with Crippen molar-refractivity contribution in [3.8, 4) is 0 Å². The number of imidazole rings is 2. The number of nitrogens with zero attached hydrogens (tertiary/aromatic N) is 8. The van der Waals surface area contributed by atoms with Crippen LogP contribution in [0.25, 0.3) is 22.3 Å². The lowest BCUT2D eigenvalue weighted by Gasteiger charge is -2.18. The minimum atomic E-state index is -1.82. The number of pyridine rings is 2. The summed E-state index contributed by atoms with van der Waals surface area (Å²) in [5.74, 6) is -0.0680. The molecule has 0 aromatic carbocycles. The molecule has 16 nitrogen and oxygen atoms in total. The molecule has 0 bridgehead atoms. The summed E-state index contributed by atoms with van der Waals surface area (Å²) in [6.45, 7) is 5.85. The van der Waals surface area contributed by atoms with Crippen LogP contribution in [0.5, 0.6) is 0 Å². The van der Waals surface area contributed by atoms with E-state index in [1.54, 1.807) is 12.5 Å². The lowest BCUT2D eigenvalue weighted by atomic mass is 10.1. The van der Waals surface area contributed by atoms with Gasteiger partial charge in [0, 0.05) is 24.5 Å². The van der Waals surface area contributed by atoms with Gasteiger partial charge in [0.2, 0.25) is 11.9 Å². The topological polar surface area (TPSA) is 193 Å². The van der Waals surface area contributed by atoms with Crippen molar-refractivity contribution in [3.05, 3.63) is 85.0 Å². The number of carboxylic acid groups (broad SMARTS) is 2. The zero-order valence-corrected chi connectivity index (χ0v) is 30.7. The van der Waals surface area contributed by atoms with Gasteiger partial charge in [-0.15, -0.1) is 0 Å². The van der Waals surface area contributed by atoms with Gasteiger partial charge < -0.3 is 39.5 Å². The molecular formula is C38H48N10O6. The van der Waals surface area contributed by atoms with Crippen molar-refractivity contribution in [2.75, 3.05) is 50.9 Å². The average molecular weight is 741 g/mol. The monoisotopic (exact) mass is 740 g/mol. The van der Waals surface area contributed by atoms with E-state index >= 15 is 0 Å². The molecule has 2 fully saturated rings. The highest BCUT2D eigenvalue weighted by atomic mass is 16.4. The lowest BCUT2D eigenvalue weighted by Crippen LogP contribution is -2.24. The summed E-state index contributed by atoms with van der Waals surface area (Å²) >= 11 is 0. The second-order valence-electron chi connectivity index (χ2n) is 13.7. The largest absolute Gasteiger partial charge is 0.473 e. The Bertz CT molecular complexity index is 1930. The highest BCUT2D eigenvalue weighted by Crippen LogP contribution is 2.24. The fourth-order valence-electron chi connectivity index (χ4n) is 6.69. The number of aliphatic carboxylic acids is 2. The molecule has 0 saturated carbocycles. The Morgan fingerprint density at radius 1 is 0.667 bits per heavy atom. The van der Waals surface area contributed by atoms with Gasteiger partial charge in [0.15, 0.2) is 11.3 Å². The molecule has 0 amide bonds. The van der Waals surface area contributed by atoms with E-state index in [0.29, 0.717) is 25.2 Å². The molecule has 8 heterocycles. The predicted molar refractivity (Wildman–Crippen MR) is 203 cm³/mol. The van der Waals surface area contributed by atoms with Gasteiger partial charge in [0.1, 0.15) is 22.6 Å². The van der Waals surface area contributed by atoms with Gasteiger partial charge in [-0.25, -0.2) is 29.5 Å². The Labute approximate surface area is 312 Å². The number of rotatable bonds is 8. The fourth-order valence-corrected chi connectivity index (χ4v) is 6.69. The van der Waals surface area contributed by atoms with Gasteiger partial charge >= 0.3 is 11.9 Å². The summed E-state index contributed by atoms with van der Waals surface area (Å²) in [5, 5.41) is 22.1. The number of nitrogens with one attached hydrogen (secondary N) is 2. The Morgan fingerprint density at radius 2 is 1.11 bits per heavy atom. The maximum atomic E-state index is 9.10. The Morgan fingerprint density at radius 3 is 1.50 bits per heavy atom. The summed E-state index contributed by atoms with van der Waals surface area (Å²) in [6, 6.07) is 16.6. The third-order valence-electron chi connectivity index (χ3n) is 9.55. The molecule has 0 spiro atoms. The van der Waals surface area contributed by atoms with Crippen LogP contribution in [0.2, 0.25) is 0 Å². The number of fused-ring (bicyclic) bond motifs is 2. The van der Waals surface area contributed by atoms with Gasteiger partial charge in [-0.05, 0) is 127 Å². The fraction of sp³-hybridized carbons (Fsp3) is 0.421. The van der Waals surface area contributed by atoms with Crippen LogP contribution in [-0.4, -0.2) is 113 Å². The third kappa shape index (κ3) is 10.2. The van der Waals surface area contributed by atoms with Crippen LogP contribution in [0.15, 0.2) is 82.3 Å². The summed E-state index contributed by atoms with van der Waals surface area (Å²) < 4.78 is 15.3. The minimum Gasteiger partial charge on any atom is -0.473 e. The molecule has 286 valence electrons. The Hall–Kier alpha value is -5.74. The molecule has 2 aliphatic heterocycles. The number of carboxylic acids is 2. The number of hydrogen-bond donors (Lipinski definition) is 4. The molecule has 2 unspecified atom stereocenters. The molecule has 6 aromatic rings. The molecule has 0 aliphatic carbocycles. The summed E-state index contributed by atoms with van der Waals surface area (Å²) in [7, 11) is 4.39. The molecule has 8 rings (SSSR count). The van der Waals surface area contributed by atoms with E-state index in [0.717, 1.165) is 71.7 Å². The summed E-state index contributed by atoms with van der Waals surface area (Å²) in [5.41, 5.74) is 3.61. The van der Waals surface area contributed by atoms with E-state index in [2.05, 4.69) is 53.6 Å². The highest BCUT2D eigenvalue weighted by Gasteiger charge is 2.21. The number of carbonyl (C=O) groups is 2. The van der Waals surface area contributed by atoms with Crippen molar-refractivity contribution in [1.82, 2.24) is 38.9 Å². The molecule has 6 aromatic heterocycles. The van der Waals surface area contributed by atoms with Crippen LogP contribution in [0, 0.1) is 0 Å². The number of likely N-dealkylation sites (tertiary alicyclic amines) is 2. The van der Waals surface area contributed by atoms with Crippen LogP contribution in [0.3, 0.4) is 0 Å². The standard InChI is InChI=1S/2C18H23N5O.C2H2O4/c2*1-22-10-3-5-14(8-11-22)20-18-21-16-7-2-9-19-17(16)23(18)13-15-6-4-12-24-15;3-1(4)2(5)6/h2*2,4,6-7,9,12,14H,3,5,8,10-11,13H2,1H3,(H,20,21);(H,3,4)(H,5,6). The van der Waals surface area contributed by atoms with Gasteiger partial charge in [0.05, 0.1) is 25.6 Å². The van der Waals surface area contributed by atoms with Crippen molar-refractivity contribution < 1.29 is 28.6 Å². The lowest BCUT2D eigenvalue weighted by molar-refractivity contribution is -0.159. The van der Waals surface area contributed by atoms with Crippen LogP contribution >= 0.6 is 0 Å². The SMILES string of the molecule is CN1CCCC(Nc2nc3cccnc3n2Cc2ccco2)CC1.CN1CCCC(Nc2nc3cccnc3n2Cc2ccco2)CC1.O=C(O)C(=O)O. The number of hydrogen-bond acceptors (Lipinski definition) is 12. The Balaban J connectivity index is 0.000000160. The molecule has 4 N–H and O–H groups in total. The molecule has 16 heteroatoms. The van der Waals surface area contributed by atoms with Crippen molar-refractivity contribution in [3.63, 3.8) is 0 Å². The van der Waals surface area contributed by atoms with Gasteiger partial charge in [0.25, 0.3) is 0 Å². The van der Waals surface area contributed by atoms with Crippen LogP contribution in [0.1, 0.15) is 50.0 Å². The predicted octanol–water partition coefficient (Wildman–Crippen LogP) is 5.09. The van der Waals surface area contributed by atoms with Gasteiger partial charge in [-0.3, -0.25) is 9.13 Å². The first-order chi connectivity index (χ1) is 26.2. The quantitative estimate of drug-likeness (QED) is 0.151. The van der Waals surface area contributed by atoms with Crippen molar-refractivity contribution in [2.24, 2.45) is 0 Å². The molecule has 2 atom stereocenters. The van der Waals surface area contributed by atoms with Crippen molar-refractivity contribution in [1.29, 1.82) is 0 Å². The first kappa shape index (κ1) is 38.0. The third-order valence-corrected chi connectivity index (χ3v) is 9.55. The van der Waals surface area contributed by atoms with Gasteiger partial charge in [-0.2, -0.15) is 0 Å². The highest BCUT2D eigenvalue weighted by molar-refractivity contribution is 6.27. The van der Waals surface area contributed by atoms with Crippen LogP contribution in [-0.2, 0) is 22.7 Å². The second-order valence-corrected chi connectivity index (χ2v) is 13.7. The number of aromatic nitrogens is 6. The van der Waals surface area contributed by atoms with E-state index in [1.807, 2.05) is 60.9 Å². The van der Waals surface area contributed by atoms with Crippen LogP contribution in [0.4, 0.5) is 11.9 Å². The van der Waals surface area contributed by atoms with E-state index < -0.39 is 11.9 Å². The first-order valence-corrected chi connectivity index (χ1v) is 18.3. The van der Waals surface area contributed by atoms with Gasteiger partial charge in [-0.1, -0.05) is 0 Å². The molecular weight excluding hydrogens is 692 g/mol. The minimum absolute atomic E-state index is 0.446. The van der Waals surface area contributed by atoms with Crippen LogP contribution < -0.4 is 10.6 Å². The maximum absolute atomic E-state index is 9.10. The summed E-state index contributed by atoms with van der Waals surface area (Å²) in [6.07, 6.45) is 14.1. The zero-order valence-electron chi connectivity index (χ0n) is 30.7. The maximum Gasteiger partial charge on any atom is 0.414 e. The van der Waals surface area contributed by atoms with Crippen molar-refractivity contribution >= 4 is 46.2 Å². The number of anilines is 2. The summed E-state index contributed by atoms with van der Waals surface area (Å²) in [4.78, 5) is 41.6. The van der Waals surface area contributed by atoms with Crippen molar-refractivity contribution in [2.45, 2.75) is 63.7 Å². The van der Waals surface area contributed by atoms with E-state index in [9.17, 15) is 0 Å². The molecule has 2 aliphatic rings. The second kappa shape index (κ2) is 18.3. The Kier molecular flexibility index (Phi) is 12.9. The normalized spacial score (nSPS) is 18.1. The van der Waals surface area contributed by atoms with E-state index in [1.165, 1.54) is 38.8 Å². The van der Waals surface area contributed by atoms with E-state index in [4.69, 9.17) is 38.6 Å². The molecule has 54 heavy (non-hydrogen) atoms. The number of furan rings is 2. The van der Waals surface area contributed by atoms with E-state index in [-0.39, 0.29) is 0 Å². The molecule has 2 saturated heterocycles. The molecule has 0 radical (unpaired) electrons. The first-order valence-electron chi connectivity index (χ1n) is 18.3. The zero-order chi connectivity index (χ0) is 37.9.